The molecule has 224 valence electrons. The van der Waals surface area contributed by atoms with E-state index in [2.05, 4.69) is 11.8 Å². The average Bonchev–Trinajstić information content (AvgIpc) is 2.90. The van der Waals surface area contributed by atoms with Crippen molar-refractivity contribution in [3.05, 3.63) is 58.7 Å². The summed E-state index contributed by atoms with van der Waals surface area (Å²) in [6, 6.07) is 9.57. The van der Waals surface area contributed by atoms with E-state index in [0.29, 0.717) is 16.8 Å². The van der Waals surface area contributed by atoms with Crippen LogP contribution in [0.5, 0.6) is 5.75 Å². The third-order valence-corrected chi connectivity index (χ3v) is 9.56. The molecule has 10 heteroatoms. The van der Waals surface area contributed by atoms with Crippen LogP contribution in [-0.4, -0.2) is 84.0 Å². The predicted molar refractivity (Wildman–Crippen MR) is 157 cm³/mol. The van der Waals surface area contributed by atoms with Crippen molar-refractivity contribution in [3.8, 4) is 17.6 Å². The van der Waals surface area contributed by atoms with Crippen LogP contribution in [-0.2, 0) is 25.6 Å². The Morgan fingerprint density at radius 1 is 1.00 bits per heavy atom. The molecule has 10 nitrogen and oxygen atoms in total. The Morgan fingerprint density at radius 2 is 1.63 bits per heavy atom. The van der Waals surface area contributed by atoms with Gasteiger partial charge in [-0.3, -0.25) is 28.9 Å². The van der Waals surface area contributed by atoms with Crippen molar-refractivity contribution in [1.29, 1.82) is 0 Å². The SMILES string of the molecule is CN(C)c1cc(C#Cc2ccccc2)c(O)c2c1C[C@@]1(C)C[C@@]3(C)[C@H](N(C)C)C(=O)C(C(N)=O)C(=O)[C@@]3(O)C(=O)C1C2=O. The van der Waals surface area contributed by atoms with E-state index in [1.54, 1.807) is 58.2 Å². The number of hydrogen-bond acceptors (Lipinski definition) is 9. The fraction of sp³-hybridized carbons (Fsp3) is 0.424. The Morgan fingerprint density at radius 3 is 2.19 bits per heavy atom. The molecule has 2 fully saturated rings. The fourth-order valence-electron chi connectivity index (χ4n) is 7.92. The van der Waals surface area contributed by atoms with Crippen LogP contribution in [0.15, 0.2) is 36.4 Å². The second-order valence-electron chi connectivity index (χ2n) is 12.9. The monoisotopic (exact) mass is 585 g/mol. The van der Waals surface area contributed by atoms with Crippen molar-refractivity contribution >= 4 is 34.7 Å². The maximum Gasteiger partial charge on any atom is 0.235 e. The second-order valence-corrected chi connectivity index (χ2v) is 12.9. The molecule has 3 aliphatic carbocycles. The number of phenols is 1. The molecule has 4 N–H and O–H groups in total. The van der Waals surface area contributed by atoms with Gasteiger partial charge in [0.25, 0.3) is 0 Å². The van der Waals surface area contributed by atoms with Crippen LogP contribution in [0.1, 0.15) is 47.3 Å². The van der Waals surface area contributed by atoms with Gasteiger partial charge in [0, 0.05) is 30.8 Å². The molecule has 5 rings (SSSR count). The molecule has 0 bridgehead atoms. The highest BCUT2D eigenvalue weighted by atomic mass is 16.3. The number of phenolic OH excluding ortho intramolecular Hbond substituents is 1. The number of likely N-dealkylation sites (N-methyl/N-ethyl adjacent to an activating group) is 1. The molecule has 2 aromatic rings. The largest absolute Gasteiger partial charge is 0.506 e. The van der Waals surface area contributed by atoms with Crippen molar-refractivity contribution in [2.75, 3.05) is 33.1 Å². The topological polar surface area (TPSA) is 158 Å². The lowest BCUT2D eigenvalue weighted by molar-refractivity contribution is -0.203. The first-order valence-corrected chi connectivity index (χ1v) is 14.0. The summed E-state index contributed by atoms with van der Waals surface area (Å²) in [6.07, 6.45) is 0.0541. The second kappa shape index (κ2) is 9.86. The van der Waals surface area contributed by atoms with E-state index in [9.17, 15) is 34.2 Å². The van der Waals surface area contributed by atoms with Crippen molar-refractivity contribution in [2.24, 2.45) is 28.4 Å². The van der Waals surface area contributed by atoms with E-state index in [0.717, 1.165) is 0 Å². The Labute approximate surface area is 249 Å². The number of primary amides is 1. The minimum Gasteiger partial charge on any atom is -0.506 e. The van der Waals surface area contributed by atoms with E-state index in [-0.39, 0.29) is 24.0 Å². The quantitative estimate of drug-likeness (QED) is 0.354. The number of amides is 1. The van der Waals surface area contributed by atoms with E-state index in [1.807, 2.05) is 18.2 Å². The normalized spacial score (nSPS) is 31.5. The summed E-state index contributed by atoms with van der Waals surface area (Å²) < 4.78 is 0. The maximum atomic E-state index is 14.4. The van der Waals surface area contributed by atoms with E-state index >= 15 is 0 Å². The number of carbonyl (C=O) groups excluding carboxylic acids is 5. The molecule has 1 amide bonds. The van der Waals surface area contributed by atoms with Gasteiger partial charge >= 0.3 is 0 Å². The molecule has 6 atom stereocenters. The molecule has 2 aromatic carbocycles. The van der Waals surface area contributed by atoms with Gasteiger partial charge in [-0.2, -0.15) is 0 Å². The van der Waals surface area contributed by atoms with Crippen LogP contribution in [0.2, 0.25) is 0 Å². The predicted octanol–water partition coefficient (Wildman–Crippen LogP) is 1.11. The summed E-state index contributed by atoms with van der Waals surface area (Å²) in [5.41, 5.74) is 1.65. The van der Waals surface area contributed by atoms with Crippen molar-refractivity contribution in [2.45, 2.75) is 38.3 Å². The van der Waals surface area contributed by atoms with Gasteiger partial charge in [0.1, 0.15) is 5.75 Å². The van der Waals surface area contributed by atoms with Crippen LogP contribution in [0, 0.1) is 34.5 Å². The number of rotatable bonds is 3. The number of ketones is 4. The van der Waals surface area contributed by atoms with Crippen LogP contribution >= 0.6 is 0 Å². The summed E-state index contributed by atoms with van der Waals surface area (Å²) in [6.45, 7) is 3.21. The van der Waals surface area contributed by atoms with Gasteiger partial charge in [-0.25, -0.2) is 0 Å². The van der Waals surface area contributed by atoms with Gasteiger partial charge in [-0.05, 0) is 56.1 Å². The first-order valence-electron chi connectivity index (χ1n) is 14.0. The Bertz CT molecular complexity index is 1670. The van der Waals surface area contributed by atoms with E-state index in [4.69, 9.17) is 5.73 Å². The molecule has 2 saturated carbocycles. The zero-order valence-corrected chi connectivity index (χ0v) is 25.0. The lowest BCUT2D eigenvalue weighted by Crippen LogP contribution is -2.79. The first-order chi connectivity index (χ1) is 20.0. The smallest absolute Gasteiger partial charge is 0.235 e. The molecule has 0 aromatic heterocycles. The number of nitrogens with zero attached hydrogens (tertiary/aromatic N) is 2. The molecular weight excluding hydrogens is 550 g/mol. The first kappa shape index (κ1) is 30.1. The standard InChI is InChI=1S/C33H35N3O7/c1-31-15-19-20(35(3)4)14-18(13-12-17-10-8-7-9-11-17)24(37)21(19)25(38)23(31)29(41)33(43)28(40)22(30(34)42)26(39)27(36(5)6)32(33,2)16-31/h7-11,14,22-23,27,37,43H,15-16H2,1-6H3,(H2,34,42)/t22?,23?,27-,31+,32+,33-/m1/s1. The molecule has 0 spiro atoms. The lowest BCUT2D eigenvalue weighted by atomic mass is 9.42. The molecule has 0 saturated heterocycles. The van der Waals surface area contributed by atoms with Gasteiger partial charge in [0.15, 0.2) is 34.7 Å². The third kappa shape index (κ3) is 4.06. The Kier molecular flexibility index (Phi) is 6.91. The van der Waals surface area contributed by atoms with Crippen molar-refractivity contribution < 1.29 is 34.2 Å². The highest BCUT2D eigenvalue weighted by Crippen LogP contribution is 2.62. The van der Waals surface area contributed by atoms with Gasteiger partial charge < -0.3 is 20.8 Å². The number of Topliss-reactive ketones (excluding diaryl/α,β-unsaturated/α-hetero) is 4. The number of fused-ring (bicyclic) bond motifs is 3. The van der Waals surface area contributed by atoms with E-state index < -0.39 is 69.1 Å². The Hall–Kier alpha value is -4.33. The third-order valence-electron chi connectivity index (χ3n) is 9.56. The molecular formula is C33H35N3O7. The maximum absolute atomic E-state index is 14.4. The minimum absolute atomic E-state index is 0.0763. The highest BCUT2D eigenvalue weighted by Gasteiger charge is 2.76. The molecule has 0 heterocycles. The van der Waals surface area contributed by atoms with Gasteiger partial charge in [0.05, 0.1) is 23.1 Å². The number of anilines is 1. The summed E-state index contributed by atoms with van der Waals surface area (Å²) >= 11 is 0. The number of aromatic hydroxyl groups is 1. The highest BCUT2D eigenvalue weighted by molar-refractivity contribution is 6.33. The minimum atomic E-state index is -2.85. The summed E-state index contributed by atoms with van der Waals surface area (Å²) in [7, 11) is 6.69. The van der Waals surface area contributed by atoms with Crippen molar-refractivity contribution in [3.63, 3.8) is 0 Å². The van der Waals surface area contributed by atoms with Gasteiger partial charge in [-0.15, -0.1) is 0 Å². The van der Waals surface area contributed by atoms with E-state index in [1.165, 1.54) is 11.8 Å². The molecule has 3 aliphatic rings. The van der Waals surface area contributed by atoms with Gasteiger partial charge in [-0.1, -0.05) is 43.9 Å². The summed E-state index contributed by atoms with van der Waals surface area (Å²) in [5.74, 6) is -3.28. The molecule has 0 radical (unpaired) electrons. The lowest BCUT2D eigenvalue weighted by Gasteiger charge is -2.61. The molecule has 0 aliphatic heterocycles. The number of carbonyl (C=O) groups is 5. The summed E-state index contributed by atoms with van der Waals surface area (Å²) in [4.78, 5) is 71.7. The fourth-order valence-corrected chi connectivity index (χ4v) is 7.92. The number of hydrogen-bond donors (Lipinski definition) is 3. The zero-order chi connectivity index (χ0) is 31.8. The number of nitrogens with two attached hydrogens (primary N) is 1. The Balaban J connectivity index is 1.73. The van der Waals surface area contributed by atoms with Gasteiger partial charge in [0.2, 0.25) is 5.91 Å². The molecule has 2 unspecified atom stereocenters. The summed E-state index contributed by atoms with van der Waals surface area (Å²) in [5, 5.41) is 23.5. The average molecular weight is 586 g/mol. The van der Waals surface area contributed by atoms with Crippen LogP contribution in [0.4, 0.5) is 5.69 Å². The van der Waals surface area contributed by atoms with Crippen LogP contribution in [0.3, 0.4) is 0 Å². The molecule has 43 heavy (non-hydrogen) atoms. The van der Waals surface area contributed by atoms with Crippen LogP contribution < -0.4 is 10.6 Å². The number of benzene rings is 2. The zero-order valence-electron chi connectivity index (χ0n) is 25.0. The van der Waals surface area contributed by atoms with Crippen LogP contribution in [0.25, 0.3) is 0 Å². The van der Waals surface area contributed by atoms with Crippen molar-refractivity contribution in [1.82, 2.24) is 4.90 Å². The number of aliphatic hydroxyl groups is 1.